The maximum atomic E-state index is 12.4. The minimum atomic E-state index is -1.05. The lowest BCUT2D eigenvalue weighted by Gasteiger charge is -2.13. The van der Waals surface area contributed by atoms with Crippen molar-refractivity contribution >= 4 is 40.9 Å². The molecule has 3 aromatic rings. The molecule has 158 valence electrons. The van der Waals surface area contributed by atoms with Gasteiger partial charge in [0, 0.05) is 16.3 Å². The highest BCUT2D eigenvalue weighted by Crippen LogP contribution is 2.26. The number of anilines is 2. The first-order valence-corrected chi connectivity index (χ1v) is 10.5. The fraction of sp³-hybridized carbons (Fsp3) is 0.125. The first kappa shape index (κ1) is 22.1. The monoisotopic (exact) mass is 434 g/mol. The van der Waals surface area contributed by atoms with Crippen LogP contribution in [0.25, 0.3) is 0 Å². The molecule has 3 aromatic carbocycles. The van der Waals surface area contributed by atoms with Crippen molar-refractivity contribution in [3.63, 3.8) is 0 Å². The zero-order valence-electron chi connectivity index (χ0n) is 16.9. The van der Waals surface area contributed by atoms with Crippen molar-refractivity contribution in [3.8, 4) is 0 Å². The Labute approximate surface area is 184 Å². The zero-order valence-corrected chi connectivity index (χ0v) is 17.7. The van der Waals surface area contributed by atoms with E-state index in [1.807, 2.05) is 42.5 Å². The maximum Gasteiger partial charge on any atom is 0.335 e. The highest BCUT2D eigenvalue weighted by Gasteiger charge is 2.15. The molecule has 0 fully saturated rings. The lowest BCUT2D eigenvalue weighted by Crippen LogP contribution is -2.22. The fourth-order valence-electron chi connectivity index (χ4n) is 2.83. The van der Waals surface area contributed by atoms with E-state index in [4.69, 9.17) is 5.11 Å². The van der Waals surface area contributed by atoms with Gasteiger partial charge < -0.3 is 15.7 Å². The summed E-state index contributed by atoms with van der Waals surface area (Å²) in [5.74, 6) is -1.37. The van der Waals surface area contributed by atoms with Gasteiger partial charge in [0.2, 0.25) is 11.8 Å². The summed E-state index contributed by atoms with van der Waals surface area (Å²) >= 11 is 1.37. The number of amides is 2. The van der Waals surface area contributed by atoms with Crippen LogP contribution < -0.4 is 10.6 Å². The third-order valence-corrected chi connectivity index (χ3v) is 5.52. The fourth-order valence-corrected chi connectivity index (χ4v) is 3.70. The van der Waals surface area contributed by atoms with E-state index in [9.17, 15) is 14.4 Å². The Bertz CT molecular complexity index is 1070. The van der Waals surface area contributed by atoms with E-state index < -0.39 is 11.2 Å². The van der Waals surface area contributed by atoms with E-state index in [2.05, 4.69) is 10.6 Å². The number of carbonyl (C=O) groups is 3. The molecule has 0 radical (unpaired) electrons. The normalized spacial score (nSPS) is 11.4. The van der Waals surface area contributed by atoms with Gasteiger partial charge in [0.05, 0.1) is 17.2 Å². The van der Waals surface area contributed by atoms with E-state index in [1.54, 1.807) is 31.2 Å². The zero-order chi connectivity index (χ0) is 22.2. The van der Waals surface area contributed by atoms with Crippen molar-refractivity contribution in [1.29, 1.82) is 0 Å². The largest absolute Gasteiger partial charge is 0.478 e. The van der Waals surface area contributed by atoms with Crippen molar-refractivity contribution < 1.29 is 19.5 Å². The van der Waals surface area contributed by atoms with Gasteiger partial charge in [-0.25, -0.2) is 4.79 Å². The number of thioether (sulfide) groups is 1. The van der Waals surface area contributed by atoms with Gasteiger partial charge >= 0.3 is 5.97 Å². The standard InChI is InChI=1S/C24H22N2O4S/c1-16(23(28)26-20-9-5-8-18(15-20)24(29)30)31-21-12-10-19(11-13-21)25-22(27)14-17-6-3-2-4-7-17/h2-13,15-16H,14H2,1H3,(H,25,27)(H,26,28)(H,29,30). The third-order valence-electron chi connectivity index (χ3n) is 4.40. The summed E-state index contributed by atoms with van der Waals surface area (Å²) in [5, 5.41) is 14.3. The van der Waals surface area contributed by atoms with Gasteiger partial charge in [-0.1, -0.05) is 36.4 Å². The van der Waals surface area contributed by atoms with Crippen molar-refractivity contribution in [2.24, 2.45) is 0 Å². The van der Waals surface area contributed by atoms with Crippen LogP contribution >= 0.6 is 11.8 Å². The van der Waals surface area contributed by atoms with Gasteiger partial charge in [0.15, 0.2) is 0 Å². The summed E-state index contributed by atoms with van der Waals surface area (Å²) in [4.78, 5) is 36.5. The topological polar surface area (TPSA) is 95.5 Å². The van der Waals surface area contributed by atoms with E-state index in [0.29, 0.717) is 17.8 Å². The Morgan fingerprint density at radius 1 is 0.871 bits per heavy atom. The molecule has 6 nitrogen and oxygen atoms in total. The Kier molecular flexibility index (Phi) is 7.45. The molecule has 0 bridgehead atoms. The van der Waals surface area contributed by atoms with Crippen LogP contribution in [0.2, 0.25) is 0 Å². The molecule has 0 aliphatic carbocycles. The Balaban J connectivity index is 1.52. The van der Waals surface area contributed by atoms with Crippen molar-refractivity contribution in [3.05, 3.63) is 90.0 Å². The second-order valence-electron chi connectivity index (χ2n) is 6.87. The lowest BCUT2D eigenvalue weighted by atomic mass is 10.1. The summed E-state index contributed by atoms with van der Waals surface area (Å²) in [6.07, 6.45) is 0.303. The molecule has 1 atom stereocenters. The first-order chi connectivity index (χ1) is 14.9. The van der Waals surface area contributed by atoms with Crippen LogP contribution in [-0.4, -0.2) is 28.1 Å². The molecule has 0 saturated carbocycles. The highest BCUT2D eigenvalue weighted by molar-refractivity contribution is 8.00. The Hall–Kier alpha value is -3.58. The van der Waals surface area contributed by atoms with Crippen LogP contribution in [0.4, 0.5) is 11.4 Å². The average molecular weight is 435 g/mol. The van der Waals surface area contributed by atoms with E-state index in [0.717, 1.165) is 10.5 Å². The number of rotatable bonds is 8. The van der Waals surface area contributed by atoms with Crippen LogP contribution in [0, 0.1) is 0 Å². The quantitative estimate of drug-likeness (QED) is 0.447. The number of nitrogens with one attached hydrogen (secondary N) is 2. The van der Waals surface area contributed by atoms with Crippen LogP contribution in [0.15, 0.2) is 83.8 Å². The predicted molar refractivity (Wildman–Crippen MR) is 123 cm³/mol. The minimum absolute atomic E-state index is 0.0945. The number of aromatic carboxylic acids is 1. The molecule has 31 heavy (non-hydrogen) atoms. The molecule has 0 aromatic heterocycles. The molecule has 0 aliphatic rings. The number of carboxylic acids is 1. The number of carbonyl (C=O) groups excluding carboxylic acids is 2. The average Bonchev–Trinajstić information content (AvgIpc) is 2.76. The summed E-state index contributed by atoms with van der Waals surface area (Å²) < 4.78 is 0. The van der Waals surface area contributed by atoms with Gasteiger partial charge in [-0.05, 0) is 55.0 Å². The molecule has 7 heteroatoms. The molecular weight excluding hydrogens is 412 g/mol. The third kappa shape index (κ3) is 6.72. The van der Waals surface area contributed by atoms with Gasteiger partial charge in [0.25, 0.3) is 0 Å². The summed E-state index contributed by atoms with van der Waals surface area (Å²) in [6, 6.07) is 22.9. The second kappa shape index (κ2) is 10.4. The van der Waals surface area contributed by atoms with E-state index >= 15 is 0 Å². The van der Waals surface area contributed by atoms with Crippen molar-refractivity contribution in [2.75, 3.05) is 10.6 Å². The summed E-state index contributed by atoms with van der Waals surface area (Å²) in [7, 11) is 0. The second-order valence-corrected chi connectivity index (χ2v) is 8.28. The molecule has 0 saturated heterocycles. The number of carboxylic acid groups (broad SMARTS) is 1. The van der Waals surface area contributed by atoms with Crippen molar-refractivity contribution in [1.82, 2.24) is 0 Å². The number of benzene rings is 3. The predicted octanol–water partition coefficient (Wildman–Crippen LogP) is 4.69. The molecule has 1 unspecified atom stereocenters. The number of hydrogen-bond donors (Lipinski definition) is 3. The molecule has 2 amide bonds. The van der Waals surface area contributed by atoms with Crippen LogP contribution in [0.3, 0.4) is 0 Å². The van der Waals surface area contributed by atoms with Crippen LogP contribution in [-0.2, 0) is 16.0 Å². The van der Waals surface area contributed by atoms with E-state index in [-0.39, 0.29) is 17.4 Å². The Morgan fingerprint density at radius 2 is 1.58 bits per heavy atom. The maximum absolute atomic E-state index is 12.4. The van der Waals surface area contributed by atoms with Gasteiger partial charge in [-0.2, -0.15) is 0 Å². The van der Waals surface area contributed by atoms with Gasteiger partial charge in [0.1, 0.15) is 0 Å². The van der Waals surface area contributed by atoms with Crippen LogP contribution in [0.1, 0.15) is 22.8 Å². The van der Waals surface area contributed by atoms with Crippen molar-refractivity contribution in [2.45, 2.75) is 23.5 Å². The van der Waals surface area contributed by atoms with E-state index in [1.165, 1.54) is 23.9 Å². The molecule has 0 heterocycles. The molecule has 3 rings (SSSR count). The number of hydrogen-bond acceptors (Lipinski definition) is 4. The summed E-state index contributed by atoms with van der Waals surface area (Å²) in [6.45, 7) is 1.77. The smallest absolute Gasteiger partial charge is 0.335 e. The lowest BCUT2D eigenvalue weighted by molar-refractivity contribution is -0.116. The molecule has 0 spiro atoms. The van der Waals surface area contributed by atoms with Gasteiger partial charge in [-0.3, -0.25) is 9.59 Å². The Morgan fingerprint density at radius 3 is 2.26 bits per heavy atom. The minimum Gasteiger partial charge on any atom is -0.478 e. The SMILES string of the molecule is CC(Sc1ccc(NC(=O)Cc2ccccc2)cc1)C(=O)Nc1cccc(C(=O)O)c1. The first-order valence-electron chi connectivity index (χ1n) is 9.65. The highest BCUT2D eigenvalue weighted by atomic mass is 32.2. The molecule has 3 N–H and O–H groups in total. The summed E-state index contributed by atoms with van der Waals surface area (Å²) in [5.41, 5.74) is 2.19. The molecule has 0 aliphatic heterocycles. The van der Waals surface area contributed by atoms with Gasteiger partial charge in [-0.15, -0.1) is 11.8 Å². The van der Waals surface area contributed by atoms with Crippen LogP contribution in [0.5, 0.6) is 0 Å². The molecular formula is C24H22N2O4S.